The number of carbonyl (C=O) groups excluding carboxylic acids is 1. The van der Waals surface area contributed by atoms with E-state index in [9.17, 15) is 18.0 Å². The number of amides is 2. The summed E-state index contributed by atoms with van der Waals surface area (Å²) < 4.78 is 48.8. The van der Waals surface area contributed by atoms with Crippen LogP contribution < -0.4 is 5.32 Å². The number of ether oxygens (including phenoxy) is 1. The molecule has 2 aromatic rings. The Morgan fingerprint density at radius 2 is 2.00 bits per heavy atom. The van der Waals surface area contributed by atoms with Crippen molar-refractivity contribution in [3.05, 3.63) is 54.0 Å². The third-order valence-corrected chi connectivity index (χ3v) is 4.13. The number of alkyl halides is 3. The molecule has 1 aliphatic rings. The molecular formula is C18H19F3N2O3. The molecule has 2 amide bonds. The number of nitrogens with one attached hydrogen (secondary N) is 1. The fourth-order valence-electron chi connectivity index (χ4n) is 2.79. The number of carbonyl (C=O) groups is 1. The van der Waals surface area contributed by atoms with Crippen LogP contribution in [0.3, 0.4) is 0 Å². The maximum Gasteiger partial charge on any atom is 0.416 e. The van der Waals surface area contributed by atoms with Crippen molar-refractivity contribution in [1.82, 2.24) is 4.90 Å². The maximum atomic E-state index is 12.6. The Kier molecular flexibility index (Phi) is 5.51. The lowest BCUT2D eigenvalue weighted by molar-refractivity contribution is -0.137. The van der Waals surface area contributed by atoms with Crippen LogP contribution in [0.1, 0.15) is 24.2 Å². The molecule has 8 heteroatoms. The van der Waals surface area contributed by atoms with E-state index in [0.29, 0.717) is 24.6 Å². The summed E-state index contributed by atoms with van der Waals surface area (Å²) >= 11 is 0. The molecule has 140 valence electrons. The maximum absolute atomic E-state index is 12.6. The molecule has 2 heterocycles. The second-order valence-electron chi connectivity index (χ2n) is 6.10. The van der Waals surface area contributed by atoms with E-state index in [2.05, 4.69) is 5.32 Å². The number of urea groups is 1. The van der Waals surface area contributed by atoms with Gasteiger partial charge < -0.3 is 19.4 Å². The van der Waals surface area contributed by atoms with Crippen molar-refractivity contribution in [3.63, 3.8) is 0 Å². The summed E-state index contributed by atoms with van der Waals surface area (Å²) in [5.74, 6) is 0.616. The van der Waals surface area contributed by atoms with E-state index in [-0.39, 0.29) is 12.6 Å². The van der Waals surface area contributed by atoms with Gasteiger partial charge in [-0.3, -0.25) is 0 Å². The van der Waals surface area contributed by atoms with Gasteiger partial charge in [0.2, 0.25) is 0 Å². The highest BCUT2D eigenvalue weighted by Gasteiger charge is 2.30. The van der Waals surface area contributed by atoms with Gasteiger partial charge in [0, 0.05) is 18.8 Å². The molecule has 1 N–H and O–H groups in total. The third-order valence-electron chi connectivity index (χ3n) is 4.13. The van der Waals surface area contributed by atoms with Gasteiger partial charge in [-0.15, -0.1) is 0 Å². The molecule has 0 spiro atoms. The van der Waals surface area contributed by atoms with Gasteiger partial charge in [-0.05, 0) is 49.2 Å². The van der Waals surface area contributed by atoms with Crippen molar-refractivity contribution < 1.29 is 27.1 Å². The number of nitrogens with zero attached hydrogens (tertiary/aromatic N) is 1. The minimum absolute atomic E-state index is 0.0525. The number of benzene rings is 1. The topological polar surface area (TPSA) is 54.7 Å². The van der Waals surface area contributed by atoms with Crippen molar-refractivity contribution in [2.45, 2.75) is 31.7 Å². The zero-order valence-electron chi connectivity index (χ0n) is 14.0. The van der Waals surface area contributed by atoms with Crippen LogP contribution in [0, 0.1) is 0 Å². The Hall–Kier alpha value is -2.48. The second-order valence-corrected chi connectivity index (χ2v) is 6.10. The highest BCUT2D eigenvalue weighted by atomic mass is 19.4. The lowest BCUT2D eigenvalue weighted by Gasteiger charge is -2.25. The fourth-order valence-corrected chi connectivity index (χ4v) is 2.79. The summed E-state index contributed by atoms with van der Waals surface area (Å²) in [7, 11) is 0. The van der Waals surface area contributed by atoms with Crippen molar-refractivity contribution in [2.75, 3.05) is 18.5 Å². The standard InChI is InChI=1S/C18H19F3N2O3/c19-18(20,21)13-5-7-14(8-6-13)22-17(24)23(11-15-3-1-9-25-15)12-16-4-2-10-26-16/h1,3,5-9,16H,2,4,10-12H2,(H,22,24). The van der Waals surface area contributed by atoms with E-state index in [0.717, 1.165) is 25.0 Å². The Morgan fingerprint density at radius 3 is 2.58 bits per heavy atom. The Labute approximate surface area is 148 Å². The van der Waals surface area contributed by atoms with Gasteiger partial charge in [0.25, 0.3) is 0 Å². The summed E-state index contributed by atoms with van der Waals surface area (Å²) in [5.41, 5.74) is -0.470. The zero-order chi connectivity index (χ0) is 18.6. The van der Waals surface area contributed by atoms with Crippen molar-refractivity contribution in [1.29, 1.82) is 0 Å². The highest BCUT2D eigenvalue weighted by molar-refractivity contribution is 5.89. The Bertz CT molecular complexity index is 708. The average molecular weight is 368 g/mol. The van der Waals surface area contributed by atoms with Crippen LogP contribution in [0.25, 0.3) is 0 Å². The predicted octanol–water partition coefficient (Wildman–Crippen LogP) is 4.51. The molecule has 1 aliphatic heterocycles. The highest BCUT2D eigenvalue weighted by Crippen LogP contribution is 2.30. The summed E-state index contributed by atoms with van der Waals surface area (Å²) in [5, 5.41) is 2.63. The van der Waals surface area contributed by atoms with Gasteiger partial charge in [0.05, 0.1) is 24.5 Å². The van der Waals surface area contributed by atoms with E-state index >= 15 is 0 Å². The number of furan rings is 1. The fraction of sp³-hybridized carbons (Fsp3) is 0.389. The molecule has 3 rings (SSSR count). The van der Waals surface area contributed by atoms with Crippen molar-refractivity contribution >= 4 is 11.7 Å². The van der Waals surface area contributed by atoms with Gasteiger partial charge in [-0.1, -0.05) is 0 Å². The van der Waals surface area contributed by atoms with E-state index in [1.165, 1.54) is 23.3 Å². The van der Waals surface area contributed by atoms with Crippen LogP contribution in [0.15, 0.2) is 47.1 Å². The molecule has 0 radical (unpaired) electrons. The number of hydrogen-bond donors (Lipinski definition) is 1. The van der Waals surface area contributed by atoms with Crippen LogP contribution in [0.5, 0.6) is 0 Å². The second kappa shape index (κ2) is 7.82. The zero-order valence-corrected chi connectivity index (χ0v) is 14.0. The predicted molar refractivity (Wildman–Crippen MR) is 88.6 cm³/mol. The normalized spacial score (nSPS) is 17.3. The van der Waals surface area contributed by atoms with Crippen LogP contribution in [-0.4, -0.2) is 30.2 Å². The molecule has 1 atom stereocenters. The lowest BCUT2D eigenvalue weighted by atomic mass is 10.2. The minimum atomic E-state index is -4.41. The summed E-state index contributed by atoms with van der Waals surface area (Å²) in [6.07, 6.45) is -1.13. The molecule has 0 saturated carbocycles. The smallest absolute Gasteiger partial charge is 0.416 e. The number of anilines is 1. The molecule has 1 fully saturated rings. The molecule has 0 aliphatic carbocycles. The average Bonchev–Trinajstić information content (AvgIpc) is 3.28. The number of halogens is 3. The number of hydrogen-bond acceptors (Lipinski definition) is 3. The Morgan fingerprint density at radius 1 is 1.23 bits per heavy atom. The Balaban J connectivity index is 1.67. The monoisotopic (exact) mass is 368 g/mol. The van der Waals surface area contributed by atoms with E-state index in [4.69, 9.17) is 9.15 Å². The molecule has 1 aromatic carbocycles. The van der Waals surface area contributed by atoms with Gasteiger partial charge in [0.15, 0.2) is 0 Å². The first-order valence-electron chi connectivity index (χ1n) is 8.29. The van der Waals surface area contributed by atoms with Crippen LogP contribution >= 0.6 is 0 Å². The van der Waals surface area contributed by atoms with Crippen LogP contribution in [0.4, 0.5) is 23.7 Å². The first-order valence-corrected chi connectivity index (χ1v) is 8.29. The first-order chi connectivity index (χ1) is 12.4. The molecule has 1 saturated heterocycles. The van der Waals surface area contributed by atoms with Crippen molar-refractivity contribution in [3.8, 4) is 0 Å². The molecule has 5 nitrogen and oxygen atoms in total. The van der Waals surface area contributed by atoms with Gasteiger partial charge >= 0.3 is 12.2 Å². The van der Waals surface area contributed by atoms with E-state index < -0.39 is 17.8 Å². The largest absolute Gasteiger partial charge is 0.467 e. The first kappa shape index (κ1) is 18.3. The molecule has 0 bridgehead atoms. The summed E-state index contributed by atoms with van der Waals surface area (Å²) in [6.45, 7) is 1.30. The molecular weight excluding hydrogens is 349 g/mol. The van der Waals surface area contributed by atoms with Gasteiger partial charge in [-0.25, -0.2) is 4.79 Å². The van der Waals surface area contributed by atoms with E-state index in [1.807, 2.05) is 0 Å². The summed E-state index contributed by atoms with van der Waals surface area (Å²) in [6, 6.07) is 7.41. The quantitative estimate of drug-likeness (QED) is 0.845. The van der Waals surface area contributed by atoms with Gasteiger partial charge in [-0.2, -0.15) is 13.2 Å². The van der Waals surface area contributed by atoms with E-state index in [1.54, 1.807) is 12.1 Å². The third kappa shape index (κ3) is 4.78. The molecule has 26 heavy (non-hydrogen) atoms. The van der Waals surface area contributed by atoms with Gasteiger partial charge in [0.1, 0.15) is 5.76 Å². The molecule has 1 aromatic heterocycles. The van der Waals surface area contributed by atoms with Crippen LogP contribution in [-0.2, 0) is 17.5 Å². The SMILES string of the molecule is O=C(Nc1ccc(C(F)(F)F)cc1)N(Cc1ccco1)CC1CCCO1. The minimum Gasteiger partial charge on any atom is -0.467 e. The van der Waals surface area contributed by atoms with Crippen LogP contribution in [0.2, 0.25) is 0 Å². The van der Waals surface area contributed by atoms with Crippen molar-refractivity contribution in [2.24, 2.45) is 0 Å². The molecule has 1 unspecified atom stereocenters. The lowest BCUT2D eigenvalue weighted by Crippen LogP contribution is -2.39. The summed E-state index contributed by atoms with van der Waals surface area (Å²) in [4.78, 5) is 14.1. The number of rotatable bonds is 5.